The molecule has 1 aliphatic heterocycles. The molecular weight excluding hydrogens is 511 g/mol. The van der Waals surface area contributed by atoms with E-state index in [1.807, 2.05) is 30.3 Å². The van der Waals surface area contributed by atoms with Crippen LogP contribution in [-0.2, 0) is 27.7 Å². The van der Waals surface area contributed by atoms with Gasteiger partial charge in [0.2, 0.25) is 5.88 Å². The van der Waals surface area contributed by atoms with Gasteiger partial charge >= 0.3 is 11.5 Å². The van der Waals surface area contributed by atoms with E-state index in [2.05, 4.69) is 10.3 Å². The smallest absolute Gasteiger partial charge is 0.473 e. The molecule has 8 nitrogen and oxygen atoms in total. The molecule has 192 valence electrons. The standard InChI is InChI=1S/C25H20F3N3O5S/c26-25(27,28)37(34,35)20-8-6-19(7-9-20)31-22(32)24(30-23(31)33)14-18(24)12-17-10-11-29-21(13-17)36-15-16-4-2-1-3-5-16/h1-11,13,18H,12,14-15H2,(H,30,33). The van der Waals surface area contributed by atoms with Gasteiger partial charge in [-0.25, -0.2) is 23.1 Å². The highest BCUT2D eigenvalue weighted by Gasteiger charge is 2.67. The van der Waals surface area contributed by atoms with E-state index in [1.54, 1.807) is 18.3 Å². The zero-order valence-electron chi connectivity index (χ0n) is 19.1. The number of hydrogen-bond donors (Lipinski definition) is 1. The first-order valence-electron chi connectivity index (χ1n) is 11.2. The van der Waals surface area contributed by atoms with E-state index >= 15 is 0 Å². The van der Waals surface area contributed by atoms with Crippen molar-refractivity contribution in [1.29, 1.82) is 0 Å². The maximum absolute atomic E-state index is 13.2. The molecule has 2 aromatic carbocycles. The van der Waals surface area contributed by atoms with Gasteiger partial charge in [-0.1, -0.05) is 30.3 Å². The molecule has 12 heteroatoms. The second-order valence-electron chi connectivity index (χ2n) is 8.87. The van der Waals surface area contributed by atoms with Gasteiger partial charge in [0.25, 0.3) is 15.7 Å². The fraction of sp³-hybridized carbons (Fsp3) is 0.240. The lowest BCUT2D eigenvalue weighted by Crippen LogP contribution is -2.35. The maximum Gasteiger partial charge on any atom is 0.501 e. The highest BCUT2D eigenvalue weighted by Crippen LogP contribution is 2.50. The molecule has 3 aromatic rings. The fourth-order valence-electron chi connectivity index (χ4n) is 4.40. The Kier molecular flexibility index (Phi) is 5.94. The quantitative estimate of drug-likeness (QED) is 0.462. The second-order valence-corrected chi connectivity index (χ2v) is 10.8. The third-order valence-corrected chi connectivity index (χ3v) is 7.95. The Morgan fingerprint density at radius 1 is 1.03 bits per heavy atom. The SMILES string of the molecule is O=C1NC2(CC2Cc2ccnc(OCc3ccccc3)c2)C(=O)N1c1ccc(S(=O)(=O)C(F)(F)F)cc1. The summed E-state index contributed by atoms with van der Waals surface area (Å²) in [6, 6.07) is 15.9. The summed E-state index contributed by atoms with van der Waals surface area (Å²) in [6.45, 7) is 0.344. The molecule has 1 aliphatic carbocycles. The number of rotatable bonds is 7. The minimum Gasteiger partial charge on any atom is -0.473 e. The van der Waals surface area contributed by atoms with Crippen molar-refractivity contribution in [2.45, 2.75) is 35.4 Å². The average Bonchev–Trinajstić information content (AvgIpc) is 3.48. The minimum absolute atomic E-state index is 0.0216. The van der Waals surface area contributed by atoms with Crippen LogP contribution in [0.15, 0.2) is 77.8 Å². The molecule has 1 N–H and O–H groups in total. The topological polar surface area (TPSA) is 106 Å². The molecule has 2 atom stereocenters. The summed E-state index contributed by atoms with van der Waals surface area (Å²) < 4.78 is 67.3. The number of ether oxygens (including phenoxy) is 1. The van der Waals surface area contributed by atoms with Crippen LogP contribution in [-0.4, -0.2) is 36.4 Å². The maximum atomic E-state index is 13.2. The molecule has 2 heterocycles. The molecule has 5 rings (SSSR count). The first-order chi connectivity index (χ1) is 17.5. The molecule has 1 aromatic heterocycles. The number of urea groups is 1. The van der Waals surface area contributed by atoms with Crippen molar-refractivity contribution in [3.8, 4) is 5.88 Å². The molecular formula is C25H20F3N3O5S. The van der Waals surface area contributed by atoms with E-state index < -0.39 is 37.7 Å². The van der Waals surface area contributed by atoms with Crippen LogP contribution < -0.4 is 15.0 Å². The number of aromatic nitrogens is 1. The van der Waals surface area contributed by atoms with Crippen LogP contribution in [0.3, 0.4) is 0 Å². The van der Waals surface area contributed by atoms with Gasteiger partial charge in [0, 0.05) is 12.3 Å². The fourth-order valence-corrected chi connectivity index (χ4v) is 5.16. The van der Waals surface area contributed by atoms with E-state index in [0.29, 0.717) is 25.3 Å². The Hall–Kier alpha value is -3.93. The van der Waals surface area contributed by atoms with Gasteiger partial charge in [-0.2, -0.15) is 13.2 Å². The zero-order valence-corrected chi connectivity index (χ0v) is 19.9. The summed E-state index contributed by atoms with van der Waals surface area (Å²) in [4.78, 5) is 29.9. The third kappa shape index (κ3) is 4.52. The highest BCUT2D eigenvalue weighted by molar-refractivity contribution is 7.92. The number of amides is 3. The monoisotopic (exact) mass is 531 g/mol. The number of anilines is 1. The summed E-state index contributed by atoms with van der Waals surface area (Å²) in [6.07, 6.45) is 2.45. The number of hydrogen-bond acceptors (Lipinski definition) is 6. The largest absolute Gasteiger partial charge is 0.501 e. The lowest BCUT2D eigenvalue weighted by atomic mass is 10.1. The Balaban J connectivity index is 1.26. The van der Waals surface area contributed by atoms with E-state index in [0.717, 1.165) is 40.3 Å². The summed E-state index contributed by atoms with van der Waals surface area (Å²) in [5.41, 5.74) is -4.75. The predicted molar refractivity (Wildman–Crippen MR) is 125 cm³/mol. The molecule has 2 aliphatic rings. The van der Waals surface area contributed by atoms with Crippen LogP contribution >= 0.6 is 0 Å². The number of nitrogens with zero attached hydrogens (tertiary/aromatic N) is 2. The molecule has 2 unspecified atom stereocenters. The average molecular weight is 532 g/mol. The first kappa shape index (κ1) is 24.8. The van der Waals surface area contributed by atoms with Crippen LogP contribution in [0.1, 0.15) is 17.5 Å². The van der Waals surface area contributed by atoms with Gasteiger partial charge in [-0.15, -0.1) is 0 Å². The van der Waals surface area contributed by atoms with E-state index in [9.17, 15) is 31.2 Å². The number of carbonyl (C=O) groups is 2. The van der Waals surface area contributed by atoms with E-state index in [4.69, 9.17) is 4.74 Å². The van der Waals surface area contributed by atoms with Gasteiger partial charge in [0.15, 0.2) is 0 Å². The van der Waals surface area contributed by atoms with Crippen molar-refractivity contribution in [2.24, 2.45) is 5.92 Å². The normalized spacial score (nSPS) is 21.3. The summed E-state index contributed by atoms with van der Waals surface area (Å²) in [7, 11) is -5.54. The lowest BCUT2D eigenvalue weighted by Gasteiger charge is -2.14. The number of alkyl halides is 3. The Labute approximate surface area is 210 Å². The van der Waals surface area contributed by atoms with Crippen molar-refractivity contribution in [2.75, 3.05) is 4.90 Å². The second kappa shape index (κ2) is 8.87. The van der Waals surface area contributed by atoms with Crippen LogP contribution in [0.5, 0.6) is 5.88 Å². The summed E-state index contributed by atoms with van der Waals surface area (Å²) >= 11 is 0. The van der Waals surface area contributed by atoms with E-state index in [1.165, 1.54) is 0 Å². The van der Waals surface area contributed by atoms with Crippen molar-refractivity contribution in [3.05, 3.63) is 84.1 Å². The summed E-state index contributed by atoms with van der Waals surface area (Å²) in [5.74, 6) is -0.319. The van der Waals surface area contributed by atoms with Gasteiger partial charge < -0.3 is 10.1 Å². The molecule has 1 saturated carbocycles. The van der Waals surface area contributed by atoms with E-state index in [-0.39, 0.29) is 11.6 Å². The van der Waals surface area contributed by atoms with Crippen molar-refractivity contribution in [3.63, 3.8) is 0 Å². The number of halogens is 3. The van der Waals surface area contributed by atoms with Crippen LogP contribution in [0.4, 0.5) is 23.7 Å². The predicted octanol–water partition coefficient (Wildman–Crippen LogP) is 4.01. The van der Waals surface area contributed by atoms with Gasteiger partial charge in [0.05, 0.1) is 10.6 Å². The van der Waals surface area contributed by atoms with Gasteiger partial charge in [-0.05, 0) is 60.2 Å². The number of pyridine rings is 1. The molecule has 3 amide bonds. The van der Waals surface area contributed by atoms with Crippen molar-refractivity contribution >= 4 is 27.5 Å². The number of sulfone groups is 1. The highest BCUT2D eigenvalue weighted by atomic mass is 32.2. The molecule has 2 fully saturated rings. The Bertz CT molecular complexity index is 1460. The van der Waals surface area contributed by atoms with Gasteiger partial charge in [0.1, 0.15) is 12.1 Å². The van der Waals surface area contributed by atoms with Crippen molar-refractivity contribution < 1.29 is 35.9 Å². The molecule has 1 spiro atoms. The lowest BCUT2D eigenvalue weighted by molar-refractivity contribution is -0.119. The number of benzene rings is 2. The van der Waals surface area contributed by atoms with Gasteiger partial charge in [-0.3, -0.25) is 4.79 Å². The Morgan fingerprint density at radius 2 is 1.73 bits per heavy atom. The van der Waals surface area contributed by atoms with Crippen LogP contribution in [0.25, 0.3) is 0 Å². The van der Waals surface area contributed by atoms with Crippen LogP contribution in [0, 0.1) is 5.92 Å². The first-order valence-corrected chi connectivity index (χ1v) is 12.7. The number of imide groups is 1. The molecule has 0 radical (unpaired) electrons. The third-order valence-electron chi connectivity index (χ3n) is 6.44. The van der Waals surface area contributed by atoms with Crippen LogP contribution in [0.2, 0.25) is 0 Å². The molecule has 37 heavy (non-hydrogen) atoms. The summed E-state index contributed by atoms with van der Waals surface area (Å²) in [5, 5.41) is 2.70. The molecule has 1 saturated heterocycles. The number of carbonyl (C=O) groups excluding carboxylic acids is 2. The zero-order chi connectivity index (χ0) is 26.4. The Morgan fingerprint density at radius 3 is 2.41 bits per heavy atom. The molecule has 0 bridgehead atoms. The number of nitrogens with one attached hydrogen (secondary N) is 1. The minimum atomic E-state index is -5.54. The van der Waals surface area contributed by atoms with Crippen molar-refractivity contribution in [1.82, 2.24) is 10.3 Å².